The van der Waals surface area contributed by atoms with Crippen molar-refractivity contribution in [1.82, 2.24) is 15.5 Å². The molecular formula is C17H21ClF4N4O2. The van der Waals surface area contributed by atoms with Crippen molar-refractivity contribution in [1.29, 1.82) is 0 Å². The van der Waals surface area contributed by atoms with Crippen LogP contribution in [0.2, 0.25) is 0 Å². The molecule has 1 aliphatic rings. The number of aromatic nitrogens is 2. The number of nitrogens with one attached hydrogen (secondary N) is 3. The Balaban J connectivity index is 0.00000280. The van der Waals surface area contributed by atoms with Gasteiger partial charge in [-0.3, -0.25) is 0 Å². The second kappa shape index (κ2) is 8.52. The van der Waals surface area contributed by atoms with Gasteiger partial charge in [0.1, 0.15) is 11.4 Å². The molecule has 6 nitrogen and oxygen atoms in total. The van der Waals surface area contributed by atoms with E-state index >= 15 is 0 Å². The van der Waals surface area contributed by atoms with Crippen molar-refractivity contribution in [3.8, 4) is 11.5 Å². The van der Waals surface area contributed by atoms with E-state index in [1.54, 1.807) is 6.92 Å². The first-order valence-corrected chi connectivity index (χ1v) is 8.60. The fourth-order valence-corrected chi connectivity index (χ4v) is 3.61. The van der Waals surface area contributed by atoms with Gasteiger partial charge in [0.2, 0.25) is 5.89 Å². The maximum Gasteiger partial charge on any atom is 0.434 e. The van der Waals surface area contributed by atoms with E-state index < -0.39 is 29.0 Å². The fourth-order valence-electron chi connectivity index (χ4n) is 3.61. The minimum atomic E-state index is -4.88. The summed E-state index contributed by atoms with van der Waals surface area (Å²) in [5.41, 5.74) is -1.84. The third kappa shape index (κ3) is 4.67. The molecule has 0 saturated carbocycles. The van der Waals surface area contributed by atoms with E-state index in [1.807, 2.05) is 12.0 Å². The quantitative estimate of drug-likeness (QED) is 0.652. The maximum atomic E-state index is 14.3. The number of hydrogen-bond donors (Lipinski definition) is 3. The van der Waals surface area contributed by atoms with Crippen molar-refractivity contribution in [2.75, 3.05) is 18.4 Å². The van der Waals surface area contributed by atoms with Crippen LogP contribution in [0.3, 0.4) is 0 Å². The molecule has 2 aromatic rings. The molecule has 0 amide bonds. The minimum absolute atomic E-state index is 0. The molecule has 0 bridgehead atoms. The van der Waals surface area contributed by atoms with E-state index in [0.29, 0.717) is 6.07 Å². The molecule has 3 N–H and O–H groups in total. The van der Waals surface area contributed by atoms with E-state index in [-0.39, 0.29) is 41.7 Å². The summed E-state index contributed by atoms with van der Waals surface area (Å²) in [5, 5.41) is 11.6. The Bertz CT molecular complexity index is 868. The van der Waals surface area contributed by atoms with Gasteiger partial charge in [0, 0.05) is 11.6 Å². The minimum Gasteiger partial charge on any atom is -0.388 e. The first-order chi connectivity index (χ1) is 12.7. The third-order valence-electron chi connectivity index (χ3n) is 4.94. The summed E-state index contributed by atoms with van der Waals surface area (Å²) in [7, 11) is 0. The lowest BCUT2D eigenvalue weighted by Gasteiger charge is -2.35. The molecule has 28 heavy (non-hydrogen) atoms. The summed E-state index contributed by atoms with van der Waals surface area (Å²) in [6.07, 6.45) is -4.08. The number of halogens is 5. The number of alkyl halides is 3. The summed E-state index contributed by atoms with van der Waals surface area (Å²) in [5.74, 6) is -2.23. The molecule has 1 fully saturated rings. The summed E-state index contributed by atoms with van der Waals surface area (Å²) in [6, 6.07) is 1.45. The number of rotatable bonds is 4. The van der Waals surface area contributed by atoms with E-state index in [9.17, 15) is 22.4 Å². The monoisotopic (exact) mass is 424 g/mol. The highest BCUT2D eigenvalue weighted by molar-refractivity contribution is 5.85. The highest BCUT2D eigenvalue weighted by Gasteiger charge is 2.39. The van der Waals surface area contributed by atoms with Gasteiger partial charge in [0.05, 0.1) is 5.69 Å². The molecule has 1 saturated heterocycles. The molecular weight excluding hydrogens is 404 g/mol. The van der Waals surface area contributed by atoms with Gasteiger partial charge in [-0.05, 0) is 50.4 Å². The Morgan fingerprint density at radius 2 is 2.07 bits per heavy atom. The summed E-state index contributed by atoms with van der Waals surface area (Å²) in [6.45, 7) is 5.36. The Kier molecular flexibility index (Phi) is 6.76. The van der Waals surface area contributed by atoms with E-state index in [0.717, 1.165) is 25.6 Å². The van der Waals surface area contributed by atoms with Gasteiger partial charge in [0.25, 0.3) is 0 Å². The highest BCUT2D eigenvalue weighted by Crippen LogP contribution is 2.40. The van der Waals surface area contributed by atoms with E-state index in [2.05, 4.69) is 15.7 Å². The lowest BCUT2D eigenvalue weighted by molar-refractivity contribution is -0.139. The van der Waals surface area contributed by atoms with Crippen LogP contribution < -0.4 is 16.4 Å². The van der Waals surface area contributed by atoms with Crippen LogP contribution in [0.4, 0.5) is 23.2 Å². The maximum absolute atomic E-state index is 14.3. The predicted molar refractivity (Wildman–Crippen MR) is 98.0 cm³/mol. The molecule has 0 spiro atoms. The molecule has 1 aromatic carbocycles. The molecule has 3 rings (SSSR count). The molecule has 3 atom stereocenters. The standard InChI is InChI=1S/C17H20F4N4O2.ClH/c1-8-7-22-4-3-11(8)9(2)23-13-6-10(15-24-25-16(26)27-15)5-12(18)14(13)17(19,20)21;/h5-6,8-9,11,22-23H,3-4,7H2,1-2H3,(H,25,26);1H/t8-,9-,11+;/m0./s1. The number of nitrogens with zero attached hydrogens (tertiary/aromatic N) is 1. The average Bonchev–Trinajstić information content (AvgIpc) is 3.00. The Hall–Kier alpha value is -2.07. The molecule has 0 aliphatic carbocycles. The molecule has 1 aliphatic heterocycles. The van der Waals surface area contributed by atoms with Gasteiger partial charge in [0.15, 0.2) is 0 Å². The van der Waals surface area contributed by atoms with Crippen molar-refractivity contribution < 1.29 is 22.0 Å². The lowest BCUT2D eigenvalue weighted by atomic mass is 9.82. The van der Waals surface area contributed by atoms with E-state index in [4.69, 9.17) is 4.42 Å². The molecule has 1 aromatic heterocycles. The van der Waals surface area contributed by atoms with Crippen LogP contribution in [0.15, 0.2) is 21.3 Å². The Morgan fingerprint density at radius 1 is 1.36 bits per heavy atom. The topological polar surface area (TPSA) is 83.0 Å². The van der Waals surface area contributed by atoms with Crippen LogP contribution >= 0.6 is 12.4 Å². The van der Waals surface area contributed by atoms with Crippen LogP contribution in [-0.2, 0) is 6.18 Å². The van der Waals surface area contributed by atoms with Gasteiger partial charge >= 0.3 is 11.9 Å². The number of anilines is 1. The molecule has 0 radical (unpaired) electrons. The van der Waals surface area contributed by atoms with Crippen LogP contribution in [0.1, 0.15) is 25.8 Å². The van der Waals surface area contributed by atoms with Crippen molar-refractivity contribution in [3.05, 3.63) is 34.1 Å². The predicted octanol–water partition coefficient (Wildman–Crippen LogP) is 3.66. The first kappa shape index (κ1) is 22.2. The van der Waals surface area contributed by atoms with Crippen LogP contribution in [0.5, 0.6) is 0 Å². The summed E-state index contributed by atoms with van der Waals surface area (Å²) in [4.78, 5) is 11.1. The second-order valence-corrected chi connectivity index (χ2v) is 6.86. The molecule has 156 valence electrons. The number of aromatic amines is 1. The zero-order chi connectivity index (χ0) is 19.8. The zero-order valence-electron chi connectivity index (χ0n) is 15.2. The van der Waals surface area contributed by atoms with Crippen molar-refractivity contribution in [2.24, 2.45) is 11.8 Å². The summed E-state index contributed by atoms with van der Waals surface area (Å²) >= 11 is 0. The number of H-pyrrole nitrogens is 1. The van der Waals surface area contributed by atoms with Gasteiger partial charge in [-0.2, -0.15) is 13.2 Å². The van der Waals surface area contributed by atoms with Crippen molar-refractivity contribution in [2.45, 2.75) is 32.5 Å². The van der Waals surface area contributed by atoms with Crippen LogP contribution in [0, 0.1) is 17.7 Å². The molecule has 11 heteroatoms. The van der Waals surface area contributed by atoms with Gasteiger partial charge in [-0.1, -0.05) is 6.92 Å². The van der Waals surface area contributed by atoms with Crippen LogP contribution in [-0.4, -0.2) is 29.3 Å². The largest absolute Gasteiger partial charge is 0.434 e. The lowest BCUT2D eigenvalue weighted by Crippen LogP contribution is -2.42. The smallest absolute Gasteiger partial charge is 0.388 e. The SMILES string of the molecule is C[C@H](Nc1cc(-c2n[nH]c(=O)o2)cc(F)c1C(F)(F)F)[C@@H]1CCNC[C@@H]1C.Cl. The Morgan fingerprint density at radius 3 is 2.64 bits per heavy atom. The van der Waals surface area contributed by atoms with Gasteiger partial charge < -0.3 is 15.1 Å². The average molecular weight is 425 g/mol. The third-order valence-corrected chi connectivity index (χ3v) is 4.94. The molecule has 0 unspecified atom stereocenters. The number of piperidine rings is 1. The van der Waals surface area contributed by atoms with Gasteiger partial charge in [-0.15, -0.1) is 17.5 Å². The van der Waals surface area contributed by atoms with E-state index in [1.165, 1.54) is 0 Å². The molecule has 2 heterocycles. The zero-order valence-corrected chi connectivity index (χ0v) is 16.0. The van der Waals surface area contributed by atoms with Crippen molar-refractivity contribution >= 4 is 18.1 Å². The highest BCUT2D eigenvalue weighted by atomic mass is 35.5. The number of hydrogen-bond acceptors (Lipinski definition) is 5. The summed E-state index contributed by atoms with van der Waals surface area (Å²) < 4.78 is 59.4. The second-order valence-electron chi connectivity index (χ2n) is 6.86. The first-order valence-electron chi connectivity index (χ1n) is 8.60. The van der Waals surface area contributed by atoms with Crippen LogP contribution in [0.25, 0.3) is 11.5 Å². The fraction of sp³-hybridized carbons (Fsp3) is 0.529. The Labute approximate surface area is 164 Å². The van der Waals surface area contributed by atoms with Crippen molar-refractivity contribution in [3.63, 3.8) is 0 Å². The number of benzene rings is 1. The van der Waals surface area contributed by atoms with Gasteiger partial charge in [-0.25, -0.2) is 14.3 Å². The normalized spacial score (nSPS) is 21.1.